The van der Waals surface area contributed by atoms with Gasteiger partial charge in [0, 0.05) is 5.92 Å². The molecule has 0 saturated carbocycles. The van der Waals surface area contributed by atoms with Gasteiger partial charge in [-0.25, -0.2) is 9.59 Å². The highest BCUT2D eigenvalue weighted by Gasteiger charge is 2.35. The Morgan fingerprint density at radius 1 is 1.14 bits per heavy atom. The van der Waals surface area contributed by atoms with Crippen molar-refractivity contribution in [2.75, 3.05) is 6.61 Å². The fraction of sp³-hybridized carbons (Fsp3) is 0.304. The van der Waals surface area contributed by atoms with Crippen LogP contribution in [-0.2, 0) is 9.53 Å². The quantitative estimate of drug-likeness (QED) is 0.514. The van der Waals surface area contributed by atoms with E-state index in [0.29, 0.717) is 19.3 Å². The summed E-state index contributed by atoms with van der Waals surface area (Å²) in [6.07, 6.45) is 2.63. The van der Waals surface area contributed by atoms with E-state index in [9.17, 15) is 14.7 Å². The average molecular weight is 379 g/mol. The van der Waals surface area contributed by atoms with Gasteiger partial charge in [-0.05, 0) is 48.4 Å². The van der Waals surface area contributed by atoms with Crippen LogP contribution in [0.5, 0.6) is 0 Å². The number of nitrogens with one attached hydrogen (secondary N) is 1. The number of rotatable bonds is 8. The van der Waals surface area contributed by atoms with E-state index in [2.05, 4.69) is 24.0 Å². The van der Waals surface area contributed by atoms with Gasteiger partial charge in [0.05, 0.1) is 0 Å². The zero-order valence-electron chi connectivity index (χ0n) is 16.0. The molecule has 1 aliphatic rings. The third-order valence-electron chi connectivity index (χ3n) is 5.28. The van der Waals surface area contributed by atoms with Crippen LogP contribution in [0.3, 0.4) is 0 Å². The number of carboxylic acids is 1. The molecule has 2 aromatic rings. The summed E-state index contributed by atoms with van der Waals surface area (Å²) in [5.74, 6) is -1.14. The number of carboxylic acid groups (broad SMARTS) is 1. The molecular formula is C23H25NO4. The summed E-state index contributed by atoms with van der Waals surface area (Å²) in [5, 5.41) is 12.1. The third kappa shape index (κ3) is 3.93. The Hall–Kier alpha value is -3.08. The number of hydrogen-bond donors (Lipinski definition) is 2. The van der Waals surface area contributed by atoms with Gasteiger partial charge < -0.3 is 15.2 Å². The normalized spacial score (nSPS) is 14.5. The number of ether oxygens (including phenoxy) is 1. The van der Waals surface area contributed by atoms with Crippen LogP contribution >= 0.6 is 0 Å². The van der Waals surface area contributed by atoms with Crippen molar-refractivity contribution in [3.63, 3.8) is 0 Å². The zero-order chi connectivity index (χ0) is 20.1. The molecule has 3 rings (SSSR count). The Bertz CT molecular complexity index is 846. The van der Waals surface area contributed by atoms with Crippen LogP contribution in [0.1, 0.15) is 43.2 Å². The van der Waals surface area contributed by atoms with Gasteiger partial charge in [0.1, 0.15) is 12.1 Å². The first-order chi connectivity index (χ1) is 13.5. The number of fused-ring (bicyclic) bond motifs is 3. The number of amides is 1. The Morgan fingerprint density at radius 2 is 1.71 bits per heavy atom. The van der Waals surface area contributed by atoms with E-state index in [1.54, 1.807) is 6.08 Å². The molecule has 0 saturated heterocycles. The maximum Gasteiger partial charge on any atom is 0.408 e. The van der Waals surface area contributed by atoms with E-state index in [-0.39, 0.29) is 12.5 Å². The van der Waals surface area contributed by atoms with Crippen LogP contribution in [0.2, 0.25) is 0 Å². The van der Waals surface area contributed by atoms with Gasteiger partial charge in [-0.2, -0.15) is 0 Å². The lowest BCUT2D eigenvalue weighted by atomic mass is 9.95. The first-order valence-electron chi connectivity index (χ1n) is 9.44. The molecule has 1 aliphatic carbocycles. The Kier molecular flexibility index (Phi) is 5.83. The smallest absolute Gasteiger partial charge is 0.408 e. The van der Waals surface area contributed by atoms with E-state index in [1.807, 2.05) is 36.4 Å². The highest BCUT2D eigenvalue weighted by molar-refractivity contribution is 5.84. The number of hydrogen-bond acceptors (Lipinski definition) is 3. The van der Waals surface area contributed by atoms with E-state index >= 15 is 0 Å². The molecule has 1 unspecified atom stereocenters. The molecule has 0 spiro atoms. The predicted molar refractivity (Wildman–Crippen MR) is 108 cm³/mol. The van der Waals surface area contributed by atoms with Gasteiger partial charge in [0.15, 0.2) is 0 Å². The van der Waals surface area contributed by atoms with Crippen molar-refractivity contribution in [1.29, 1.82) is 0 Å². The Morgan fingerprint density at radius 3 is 2.25 bits per heavy atom. The van der Waals surface area contributed by atoms with Gasteiger partial charge in [0.2, 0.25) is 0 Å². The SMILES string of the molecule is C=CCCCC(C)(NC(=O)OCC1c2ccccc2-c2ccccc21)C(=O)O. The topological polar surface area (TPSA) is 75.6 Å². The van der Waals surface area contributed by atoms with Crippen molar-refractivity contribution in [3.8, 4) is 11.1 Å². The molecule has 0 fully saturated rings. The molecule has 2 N–H and O–H groups in total. The monoisotopic (exact) mass is 379 g/mol. The van der Waals surface area contributed by atoms with Crippen molar-refractivity contribution >= 4 is 12.1 Å². The summed E-state index contributed by atoms with van der Waals surface area (Å²) in [7, 11) is 0. The van der Waals surface area contributed by atoms with Gasteiger partial charge in [-0.15, -0.1) is 6.58 Å². The van der Waals surface area contributed by atoms with Crippen molar-refractivity contribution in [2.24, 2.45) is 0 Å². The van der Waals surface area contributed by atoms with Gasteiger partial charge in [-0.3, -0.25) is 0 Å². The lowest BCUT2D eigenvalue weighted by Gasteiger charge is -2.26. The summed E-state index contributed by atoms with van der Waals surface area (Å²) in [5.41, 5.74) is 3.15. The fourth-order valence-electron chi connectivity index (χ4n) is 3.68. The Balaban J connectivity index is 1.69. The van der Waals surface area contributed by atoms with Crippen LogP contribution < -0.4 is 5.32 Å². The third-order valence-corrected chi connectivity index (χ3v) is 5.28. The maximum absolute atomic E-state index is 12.4. The summed E-state index contributed by atoms with van der Waals surface area (Å²) < 4.78 is 5.46. The molecule has 2 aromatic carbocycles. The highest BCUT2D eigenvalue weighted by atomic mass is 16.5. The summed E-state index contributed by atoms with van der Waals surface area (Å²) in [6.45, 7) is 5.29. The van der Waals surface area contributed by atoms with Gasteiger partial charge in [-0.1, -0.05) is 54.6 Å². The van der Waals surface area contributed by atoms with E-state index < -0.39 is 17.6 Å². The molecule has 5 nitrogen and oxygen atoms in total. The standard InChI is InChI=1S/C23H25NO4/c1-3-4-9-14-23(2,21(25)26)24-22(27)28-15-20-18-12-7-5-10-16(18)17-11-6-8-13-19(17)20/h3,5-8,10-13,20H,1,4,9,14-15H2,2H3,(H,24,27)(H,25,26). The molecular weight excluding hydrogens is 354 g/mol. The molecule has 1 amide bonds. The molecule has 0 radical (unpaired) electrons. The second-order valence-corrected chi connectivity index (χ2v) is 7.27. The van der Waals surface area contributed by atoms with Crippen molar-refractivity contribution in [3.05, 3.63) is 72.3 Å². The van der Waals surface area contributed by atoms with E-state index in [0.717, 1.165) is 22.3 Å². The summed E-state index contributed by atoms with van der Waals surface area (Å²) in [6, 6.07) is 16.1. The van der Waals surface area contributed by atoms with Gasteiger partial charge in [0.25, 0.3) is 0 Å². The minimum absolute atomic E-state index is 0.0602. The highest BCUT2D eigenvalue weighted by Crippen LogP contribution is 2.44. The minimum atomic E-state index is -1.37. The van der Waals surface area contributed by atoms with E-state index in [4.69, 9.17) is 4.74 Å². The minimum Gasteiger partial charge on any atom is -0.480 e. The van der Waals surface area contributed by atoms with Crippen molar-refractivity contribution in [2.45, 2.75) is 37.6 Å². The molecule has 0 aromatic heterocycles. The number of aliphatic carboxylic acids is 1. The lowest BCUT2D eigenvalue weighted by Crippen LogP contribution is -2.52. The molecule has 0 heterocycles. The molecule has 5 heteroatoms. The van der Waals surface area contributed by atoms with Crippen LogP contribution in [0.4, 0.5) is 4.79 Å². The van der Waals surface area contributed by atoms with Gasteiger partial charge >= 0.3 is 12.1 Å². The second-order valence-electron chi connectivity index (χ2n) is 7.27. The maximum atomic E-state index is 12.4. The van der Waals surface area contributed by atoms with Crippen molar-refractivity contribution in [1.82, 2.24) is 5.32 Å². The van der Waals surface area contributed by atoms with Crippen LogP contribution in [0, 0.1) is 0 Å². The number of benzene rings is 2. The summed E-state index contributed by atoms with van der Waals surface area (Å²) in [4.78, 5) is 24.0. The molecule has 1 atom stereocenters. The summed E-state index contributed by atoms with van der Waals surface area (Å²) >= 11 is 0. The average Bonchev–Trinajstić information content (AvgIpc) is 3.00. The molecule has 0 aliphatic heterocycles. The molecule has 146 valence electrons. The first-order valence-corrected chi connectivity index (χ1v) is 9.44. The number of allylic oxidation sites excluding steroid dienone is 1. The first kappa shape index (κ1) is 19.7. The number of alkyl carbamates (subject to hydrolysis) is 1. The van der Waals surface area contributed by atoms with Crippen molar-refractivity contribution < 1.29 is 19.4 Å². The molecule has 0 bridgehead atoms. The fourth-order valence-corrected chi connectivity index (χ4v) is 3.68. The predicted octanol–water partition coefficient (Wildman–Crippen LogP) is 4.72. The Labute approximate surface area is 165 Å². The number of unbranched alkanes of at least 4 members (excludes halogenated alkanes) is 1. The number of carbonyl (C=O) groups is 2. The molecule has 28 heavy (non-hydrogen) atoms. The largest absolute Gasteiger partial charge is 0.480 e. The van der Waals surface area contributed by atoms with Crippen LogP contribution in [-0.4, -0.2) is 29.3 Å². The zero-order valence-corrected chi connectivity index (χ0v) is 16.0. The second kappa shape index (κ2) is 8.30. The van der Waals surface area contributed by atoms with Crippen LogP contribution in [0.25, 0.3) is 11.1 Å². The van der Waals surface area contributed by atoms with Crippen LogP contribution in [0.15, 0.2) is 61.2 Å². The number of carbonyl (C=O) groups excluding carboxylic acids is 1. The van der Waals surface area contributed by atoms with E-state index in [1.165, 1.54) is 6.92 Å². The lowest BCUT2D eigenvalue weighted by molar-refractivity contribution is -0.144.